The molecule has 0 atom stereocenters. The molecule has 1 saturated heterocycles. The molecule has 1 rings (SSSR count). The normalized spacial score (nSPS) is 20.1. The molecule has 1 amide bonds. The fourth-order valence-corrected chi connectivity index (χ4v) is 2.02. The highest BCUT2D eigenvalue weighted by molar-refractivity contribution is 5.73. The van der Waals surface area contributed by atoms with Crippen molar-refractivity contribution in [3.8, 4) is 0 Å². The molecular weight excluding hydrogens is 190 g/mol. The molecule has 0 aromatic carbocycles. The maximum absolute atomic E-state index is 11.2. The highest BCUT2D eigenvalue weighted by atomic mass is 16.2. The number of hydrogen-bond donors (Lipinski definition) is 1. The van der Waals surface area contributed by atoms with Crippen molar-refractivity contribution < 1.29 is 4.79 Å². The van der Waals surface area contributed by atoms with Gasteiger partial charge < -0.3 is 10.6 Å². The van der Waals surface area contributed by atoms with Crippen LogP contribution in [0.1, 0.15) is 27.2 Å². The van der Waals surface area contributed by atoms with Crippen LogP contribution < -0.4 is 5.73 Å². The summed E-state index contributed by atoms with van der Waals surface area (Å²) in [5, 5.41) is 0. The van der Waals surface area contributed by atoms with Crippen LogP contribution in [0.25, 0.3) is 0 Å². The van der Waals surface area contributed by atoms with Crippen molar-refractivity contribution in [3.63, 3.8) is 0 Å². The van der Waals surface area contributed by atoms with Gasteiger partial charge in [-0.25, -0.2) is 0 Å². The zero-order valence-corrected chi connectivity index (χ0v) is 10.1. The fraction of sp³-hybridized carbons (Fsp3) is 0.909. The van der Waals surface area contributed by atoms with Gasteiger partial charge in [0.15, 0.2) is 0 Å². The number of hydrogen-bond acceptors (Lipinski definition) is 3. The number of carbonyl (C=O) groups is 1. The largest absolute Gasteiger partial charge is 0.342 e. The third-order valence-corrected chi connectivity index (χ3v) is 2.66. The molecule has 4 heteroatoms. The van der Waals surface area contributed by atoms with Gasteiger partial charge in [-0.15, -0.1) is 0 Å². The van der Waals surface area contributed by atoms with Crippen LogP contribution in [0.15, 0.2) is 0 Å². The summed E-state index contributed by atoms with van der Waals surface area (Å²) in [5.74, 6) is 0.184. The molecule has 0 radical (unpaired) electrons. The van der Waals surface area contributed by atoms with E-state index in [4.69, 9.17) is 5.73 Å². The smallest absolute Gasteiger partial charge is 0.219 e. The first-order chi connectivity index (χ1) is 6.88. The van der Waals surface area contributed by atoms with Crippen LogP contribution in [0.2, 0.25) is 0 Å². The first-order valence-corrected chi connectivity index (χ1v) is 5.65. The average molecular weight is 213 g/mol. The van der Waals surface area contributed by atoms with Gasteiger partial charge in [0, 0.05) is 38.6 Å². The molecule has 1 aliphatic rings. The number of carbonyl (C=O) groups excluding carboxylic acids is 1. The van der Waals surface area contributed by atoms with Crippen LogP contribution in [0, 0.1) is 0 Å². The van der Waals surface area contributed by atoms with Gasteiger partial charge in [-0.2, -0.15) is 0 Å². The van der Waals surface area contributed by atoms with Crippen molar-refractivity contribution >= 4 is 5.91 Å². The minimum absolute atomic E-state index is 0.147. The highest BCUT2D eigenvalue weighted by Gasteiger charge is 2.20. The predicted molar refractivity (Wildman–Crippen MR) is 61.6 cm³/mol. The lowest BCUT2D eigenvalue weighted by atomic mass is 10.1. The minimum Gasteiger partial charge on any atom is -0.342 e. The first kappa shape index (κ1) is 12.5. The Morgan fingerprint density at radius 2 is 1.93 bits per heavy atom. The summed E-state index contributed by atoms with van der Waals surface area (Å²) in [6, 6.07) is 0. The predicted octanol–water partition coefficient (Wildman–Crippen LogP) is 0.278. The summed E-state index contributed by atoms with van der Waals surface area (Å²) in [5.41, 5.74) is 5.84. The summed E-state index contributed by atoms with van der Waals surface area (Å²) in [6.07, 6.45) is 1.05. The minimum atomic E-state index is -0.147. The lowest BCUT2D eigenvalue weighted by Gasteiger charge is -2.28. The van der Waals surface area contributed by atoms with Crippen LogP contribution in [-0.2, 0) is 4.79 Å². The van der Waals surface area contributed by atoms with Crippen molar-refractivity contribution in [2.75, 3.05) is 32.7 Å². The quantitative estimate of drug-likeness (QED) is 0.716. The van der Waals surface area contributed by atoms with Crippen molar-refractivity contribution in [2.24, 2.45) is 5.73 Å². The van der Waals surface area contributed by atoms with Crippen LogP contribution in [-0.4, -0.2) is 54.0 Å². The maximum Gasteiger partial charge on any atom is 0.219 e. The number of rotatable bonds is 2. The average Bonchev–Trinajstić information content (AvgIpc) is 2.26. The van der Waals surface area contributed by atoms with E-state index in [1.54, 1.807) is 6.92 Å². The van der Waals surface area contributed by atoms with E-state index in [2.05, 4.69) is 4.90 Å². The Morgan fingerprint density at radius 1 is 1.27 bits per heavy atom. The molecule has 2 N–H and O–H groups in total. The Balaban J connectivity index is 2.42. The van der Waals surface area contributed by atoms with Crippen LogP contribution in [0.4, 0.5) is 0 Å². The third kappa shape index (κ3) is 4.62. The molecule has 0 unspecified atom stereocenters. The van der Waals surface area contributed by atoms with Gasteiger partial charge in [0.1, 0.15) is 0 Å². The molecule has 0 spiro atoms. The molecule has 0 saturated carbocycles. The molecular formula is C11H23N3O. The van der Waals surface area contributed by atoms with Crippen LogP contribution in [0.3, 0.4) is 0 Å². The summed E-state index contributed by atoms with van der Waals surface area (Å²) >= 11 is 0. The van der Waals surface area contributed by atoms with E-state index in [-0.39, 0.29) is 11.4 Å². The van der Waals surface area contributed by atoms with E-state index in [1.807, 2.05) is 18.7 Å². The second-order valence-electron chi connectivity index (χ2n) is 5.12. The van der Waals surface area contributed by atoms with Crippen molar-refractivity contribution in [3.05, 3.63) is 0 Å². The Labute approximate surface area is 92.4 Å². The molecule has 1 aliphatic heterocycles. The standard InChI is InChI=1S/C11H23N3O/c1-10(15)14-6-4-5-13(7-8-14)9-11(2,3)12/h4-9,12H2,1-3H3. The molecule has 1 fully saturated rings. The van der Waals surface area contributed by atoms with Gasteiger partial charge in [-0.1, -0.05) is 0 Å². The molecule has 4 nitrogen and oxygen atoms in total. The molecule has 0 bridgehead atoms. The zero-order chi connectivity index (χ0) is 11.5. The van der Waals surface area contributed by atoms with E-state index in [0.29, 0.717) is 0 Å². The van der Waals surface area contributed by atoms with Gasteiger partial charge in [0.2, 0.25) is 5.91 Å². The van der Waals surface area contributed by atoms with E-state index < -0.39 is 0 Å². The molecule has 1 heterocycles. The lowest BCUT2D eigenvalue weighted by molar-refractivity contribution is -0.128. The Hall–Kier alpha value is -0.610. The van der Waals surface area contributed by atoms with Gasteiger partial charge in [-0.3, -0.25) is 9.69 Å². The second kappa shape index (κ2) is 4.94. The highest BCUT2D eigenvalue weighted by Crippen LogP contribution is 2.07. The van der Waals surface area contributed by atoms with Crippen LogP contribution in [0.5, 0.6) is 0 Å². The topological polar surface area (TPSA) is 49.6 Å². The summed E-state index contributed by atoms with van der Waals surface area (Å²) in [4.78, 5) is 15.5. The van der Waals surface area contributed by atoms with E-state index >= 15 is 0 Å². The van der Waals surface area contributed by atoms with Crippen LogP contribution >= 0.6 is 0 Å². The molecule has 0 aromatic rings. The van der Waals surface area contributed by atoms with Crippen molar-refractivity contribution in [1.29, 1.82) is 0 Å². The van der Waals surface area contributed by atoms with Crippen molar-refractivity contribution in [1.82, 2.24) is 9.80 Å². The van der Waals surface area contributed by atoms with Gasteiger partial charge in [-0.05, 0) is 26.8 Å². The molecule has 88 valence electrons. The SMILES string of the molecule is CC(=O)N1CCCN(CC(C)(C)N)CC1. The number of nitrogens with zero attached hydrogens (tertiary/aromatic N) is 2. The maximum atomic E-state index is 11.2. The van der Waals surface area contributed by atoms with Gasteiger partial charge >= 0.3 is 0 Å². The summed E-state index contributed by atoms with van der Waals surface area (Å²) in [7, 11) is 0. The number of nitrogens with two attached hydrogens (primary N) is 1. The van der Waals surface area contributed by atoms with E-state index in [1.165, 1.54) is 0 Å². The first-order valence-electron chi connectivity index (χ1n) is 5.65. The molecule has 0 aromatic heterocycles. The number of amides is 1. The molecule has 0 aliphatic carbocycles. The molecule has 15 heavy (non-hydrogen) atoms. The van der Waals surface area contributed by atoms with Gasteiger partial charge in [0.25, 0.3) is 0 Å². The Kier molecular flexibility index (Phi) is 4.11. The zero-order valence-electron chi connectivity index (χ0n) is 10.1. The van der Waals surface area contributed by atoms with Gasteiger partial charge in [0.05, 0.1) is 0 Å². The third-order valence-electron chi connectivity index (χ3n) is 2.66. The van der Waals surface area contributed by atoms with E-state index in [9.17, 15) is 4.79 Å². The second-order valence-corrected chi connectivity index (χ2v) is 5.12. The monoisotopic (exact) mass is 213 g/mol. The lowest BCUT2D eigenvalue weighted by Crippen LogP contribution is -2.46. The summed E-state index contributed by atoms with van der Waals surface area (Å²) in [6.45, 7) is 10.3. The fourth-order valence-electron chi connectivity index (χ4n) is 2.02. The van der Waals surface area contributed by atoms with E-state index in [0.717, 1.165) is 39.1 Å². The Bertz CT molecular complexity index is 222. The Morgan fingerprint density at radius 3 is 2.47 bits per heavy atom. The van der Waals surface area contributed by atoms with Crippen molar-refractivity contribution in [2.45, 2.75) is 32.7 Å². The summed E-state index contributed by atoms with van der Waals surface area (Å²) < 4.78 is 0.